The van der Waals surface area contributed by atoms with Crippen molar-refractivity contribution in [2.24, 2.45) is 4.99 Å². The summed E-state index contributed by atoms with van der Waals surface area (Å²) < 4.78 is 5.90. The van der Waals surface area contributed by atoms with Crippen LogP contribution in [0.4, 0.5) is 0 Å². The minimum Gasteiger partial charge on any atom is -0.475 e. The third kappa shape index (κ3) is 4.09. The molecule has 2 heterocycles. The first kappa shape index (κ1) is 19.4. The summed E-state index contributed by atoms with van der Waals surface area (Å²) in [5.74, 6) is 0.744. The van der Waals surface area contributed by atoms with Gasteiger partial charge in [-0.2, -0.15) is 0 Å². The lowest BCUT2D eigenvalue weighted by atomic mass is 9.94. The minimum absolute atomic E-state index is 0.162. The molecule has 1 aliphatic rings. The first-order valence-corrected chi connectivity index (χ1v) is 10.3. The number of pyridine rings is 1. The fourth-order valence-corrected chi connectivity index (χ4v) is 3.87. The normalized spacial score (nSPS) is 15.1. The Labute approximate surface area is 173 Å². The predicted molar refractivity (Wildman–Crippen MR) is 120 cm³/mol. The number of hydrogen-bond donors (Lipinski definition) is 0. The van der Waals surface area contributed by atoms with Gasteiger partial charge in [0.25, 0.3) is 0 Å². The fraction of sp³-hybridized carbons (Fsp3) is 0.308. The Hall–Kier alpha value is -2.94. The summed E-state index contributed by atoms with van der Waals surface area (Å²) in [5, 5.41) is 0. The van der Waals surface area contributed by atoms with Gasteiger partial charge < -0.3 is 4.74 Å². The molecule has 0 amide bonds. The molecular formula is C26H28N2O. The van der Waals surface area contributed by atoms with Crippen LogP contribution in [0.5, 0.6) is 0 Å². The van der Waals surface area contributed by atoms with Gasteiger partial charge in [-0.25, -0.2) is 4.99 Å². The van der Waals surface area contributed by atoms with Crippen molar-refractivity contribution in [2.45, 2.75) is 46.1 Å². The highest BCUT2D eigenvalue weighted by molar-refractivity contribution is 6.01. The molecule has 0 saturated carbocycles. The van der Waals surface area contributed by atoms with Gasteiger partial charge >= 0.3 is 0 Å². The second kappa shape index (κ2) is 7.82. The van der Waals surface area contributed by atoms with E-state index in [0.717, 1.165) is 35.6 Å². The van der Waals surface area contributed by atoms with Gasteiger partial charge in [0.15, 0.2) is 0 Å². The van der Waals surface area contributed by atoms with E-state index in [1.165, 1.54) is 22.3 Å². The van der Waals surface area contributed by atoms with Crippen LogP contribution >= 0.6 is 0 Å². The summed E-state index contributed by atoms with van der Waals surface area (Å²) in [6.45, 7) is 9.13. The van der Waals surface area contributed by atoms with Crippen LogP contribution in [-0.2, 0) is 17.6 Å². The topological polar surface area (TPSA) is 34.5 Å². The van der Waals surface area contributed by atoms with Crippen molar-refractivity contribution in [3.8, 4) is 11.1 Å². The van der Waals surface area contributed by atoms with E-state index in [4.69, 9.17) is 9.73 Å². The highest BCUT2D eigenvalue weighted by atomic mass is 16.5. The van der Waals surface area contributed by atoms with E-state index in [1.54, 1.807) is 0 Å². The molecular weight excluding hydrogens is 356 g/mol. The Morgan fingerprint density at radius 3 is 2.34 bits per heavy atom. The minimum atomic E-state index is -0.162. The zero-order valence-corrected chi connectivity index (χ0v) is 17.7. The fourth-order valence-electron chi connectivity index (χ4n) is 3.87. The van der Waals surface area contributed by atoms with Gasteiger partial charge in [-0.3, -0.25) is 4.98 Å². The number of aryl methyl sites for hydroxylation is 2. The average Bonchev–Trinajstić information content (AvgIpc) is 3.09. The molecule has 0 spiro atoms. The molecule has 0 aliphatic carbocycles. The summed E-state index contributed by atoms with van der Waals surface area (Å²) in [6.07, 6.45) is 3.85. The second-order valence-corrected chi connectivity index (χ2v) is 8.32. The van der Waals surface area contributed by atoms with Crippen LogP contribution in [0.25, 0.3) is 11.1 Å². The van der Waals surface area contributed by atoms with E-state index in [9.17, 15) is 0 Å². The molecule has 0 radical (unpaired) electrons. The Balaban J connectivity index is 1.63. The average molecular weight is 385 g/mol. The van der Waals surface area contributed by atoms with Crippen LogP contribution in [0.15, 0.2) is 65.8 Å². The smallest absolute Gasteiger partial charge is 0.217 e. The molecule has 0 unspecified atom stereocenters. The molecule has 29 heavy (non-hydrogen) atoms. The van der Waals surface area contributed by atoms with Crippen molar-refractivity contribution in [2.75, 3.05) is 6.61 Å². The number of rotatable bonds is 5. The second-order valence-electron chi connectivity index (χ2n) is 8.32. The van der Waals surface area contributed by atoms with Crippen molar-refractivity contribution in [1.29, 1.82) is 0 Å². The highest BCUT2D eigenvalue weighted by Gasteiger charge is 2.28. The number of benzene rings is 2. The molecule has 0 bridgehead atoms. The SMILES string of the molecule is CCc1ccnc(C)c1Cc1ccc(-c2ccccc2C2=NC(C)(C)CO2)cc1. The van der Waals surface area contributed by atoms with Crippen LogP contribution in [0.3, 0.4) is 0 Å². The maximum atomic E-state index is 5.90. The standard InChI is InChI=1S/C26H28N2O/c1-5-20-14-15-27-18(2)24(20)16-19-10-12-21(13-11-19)22-8-6-7-9-23(22)25-28-26(3,4)17-29-25/h6-15H,5,16-17H2,1-4H3. The first-order valence-electron chi connectivity index (χ1n) is 10.3. The first-order chi connectivity index (χ1) is 14.0. The zero-order chi connectivity index (χ0) is 20.4. The summed E-state index contributed by atoms with van der Waals surface area (Å²) in [5.41, 5.74) is 8.38. The molecule has 0 saturated heterocycles. The van der Waals surface area contributed by atoms with Crippen LogP contribution in [-0.4, -0.2) is 23.0 Å². The molecule has 148 valence electrons. The zero-order valence-electron chi connectivity index (χ0n) is 17.7. The molecule has 2 aromatic carbocycles. The molecule has 1 aromatic heterocycles. The quantitative estimate of drug-likeness (QED) is 0.560. The van der Waals surface area contributed by atoms with Gasteiger partial charge in [-0.15, -0.1) is 0 Å². The van der Waals surface area contributed by atoms with Crippen molar-refractivity contribution >= 4 is 5.90 Å². The largest absolute Gasteiger partial charge is 0.475 e. The van der Waals surface area contributed by atoms with Gasteiger partial charge in [0.2, 0.25) is 5.90 Å². The van der Waals surface area contributed by atoms with E-state index in [1.807, 2.05) is 12.3 Å². The number of nitrogens with zero attached hydrogens (tertiary/aromatic N) is 2. The maximum absolute atomic E-state index is 5.90. The molecule has 3 nitrogen and oxygen atoms in total. The van der Waals surface area contributed by atoms with Crippen molar-refractivity contribution in [3.63, 3.8) is 0 Å². The molecule has 4 rings (SSSR count). The van der Waals surface area contributed by atoms with Crippen molar-refractivity contribution in [3.05, 3.63) is 88.7 Å². The monoisotopic (exact) mass is 384 g/mol. The molecule has 0 fully saturated rings. The van der Waals surface area contributed by atoms with Gasteiger partial charge in [-0.05, 0) is 73.6 Å². The summed E-state index contributed by atoms with van der Waals surface area (Å²) >= 11 is 0. The Kier molecular flexibility index (Phi) is 5.23. The molecule has 0 N–H and O–H groups in total. The number of aromatic nitrogens is 1. The summed E-state index contributed by atoms with van der Waals surface area (Å²) in [6, 6.07) is 19.3. The van der Waals surface area contributed by atoms with Crippen molar-refractivity contribution < 1.29 is 4.74 Å². The van der Waals surface area contributed by atoms with E-state index in [-0.39, 0.29) is 5.54 Å². The Morgan fingerprint density at radius 2 is 1.69 bits per heavy atom. The van der Waals surface area contributed by atoms with Gasteiger partial charge in [0.1, 0.15) is 6.61 Å². The molecule has 3 aromatic rings. The molecule has 3 heteroatoms. The lowest BCUT2D eigenvalue weighted by Gasteiger charge is -2.12. The summed E-state index contributed by atoms with van der Waals surface area (Å²) in [7, 11) is 0. The summed E-state index contributed by atoms with van der Waals surface area (Å²) in [4.78, 5) is 9.26. The number of aliphatic imine (C=N–C) groups is 1. The van der Waals surface area contributed by atoms with Crippen LogP contribution in [0.2, 0.25) is 0 Å². The number of hydrogen-bond acceptors (Lipinski definition) is 3. The van der Waals surface area contributed by atoms with E-state index in [2.05, 4.69) is 81.2 Å². The van der Waals surface area contributed by atoms with Crippen LogP contribution < -0.4 is 0 Å². The lowest BCUT2D eigenvalue weighted by molar-refractivity contribution is 0.279. The van der Waals surface area contributed by atoms with E-state index < -0.39 is 0 Å². The third-order valence-corrected chi connectivity index (χ3v) is 5.52. The molecule has 1 aliphatic heterocycles. The van der Waals surface area contributed by atoms with Crippen LogP contribution in [0, 0.1) is 6.92 Å². The lowest BCUT2D eigenvalue weighted by Crippen LogP contribution is -2.17. The van der Waals surface area contributed by atoms with Gasteiger partial charge in [0.05, 0.1) is 5.54 Å². The Morgan fingerprint density at radius 1 is 0.966 bits per heavy atom. The predicted octanol–water partition coefficient (Wildman–Crippen LogP) is 5.77. The maximum Gasteiger partial charge on any atom is 0.217 e. The van der Waals surface area contributed by atoms with Gasteiger partial charge in [-0.1, -0.05) is 49.4 Å². The Bertz CT molecular complexity index is 1050. The van der Waals surface area contributed by atoms with E-state index in [0.29, 0.717) is 6.61 Å². The molecule has 0 atom stereocenters. The van der Waals surface area contributed by atoms with E-state index >= 15 is 0 Å². The third-order valence-electron chi connectivity index (χ3n) is 5.52. The van der Waals surface area contributed by atoms with Crippen molar-refractivity contribution in [1.82, 2.24) is 4.98 Å². The highest BCUT2D eigenvalue weighted by Crippen LogP contribution is 2.29. The van der Waals surface area contributed by atoms with Gasteiger partial charge in [0, 0.05) is 17.5 Å². The number of ether oxygens (including phenoxy) is 1. The van der Waals surface area contributed by atoms with Crippen LogP contribution in [0.1, 0.15) is 48.7 Å².